The zero-order valence-electron chi connectivity index (χ0n) is 10.1. The molecule has 0 saturated heterocycles. The minimum absolute atomic E-state index is 0.0666. The molecular weight excluding hydrogens is 249 g/mol. The van der Waals surface area contributed by atoms with E-state index < -0.39 is 10.1 Å². The van der Waals surface area contributed by atoms with Crippen LogP contribution in [0, 0.1) is 6.92 Å². The lowest BCUT2D eigenvalue weighted by Gasteiger charge is -1.95. The van der Waals surface area contributed by atoms with Crippen LogP contribution in [0.1, 0.15) is 31.2 Å². The molecule has 1 saturated carbocycles. The highest BCUT2D eigenvalue weighted by Gasteiger charge is 2.43. The summed E-state index contributed by atoms with van der Waals surface area (Å²) in [7, 11) is -4.02. The molecule has 1 N–H and O–H groups in total. The molecule has 0 atom stereocenters. The van der Waals surface area contributed by atoms with Gasteiger partial charge in [0.2, 0.25) is 0 Å². The Morgan fingerprint density at radius 3 is 1.94 bits per heavy atom. The molecule has 0 heterocycles. The van der Waals surface area contributed by atoms with Crippen LogP contribution in [0.2, 0.25) is 4.05 Å². The van der Waals surface area contributed by atoms with Crippen molar-refractivity contribution in [3.63, 3.8) is 0 Å². The van der Waals surface area contributed by atoms with Crippen molar-refractivity contribution in [1.29, 1.82) is 0 Å². The van der Waals surface area contributed by atoms with E-state index in [0.717, 1.165) is 9.61 Å². The van der Waals surface area contributed by atoms with E-state index in [0.29, 0.717) is 0 Å². The largest absolute Gasteiger partial charge is 1.42 e. The number of hydrogen-bond donors (Lipinski definition) is 1. The second-order valence-corrected chi connectivity index (χ2v) is 7.01. The average Bonchev–Trinajstić information content (AvgIpc) is 2.69. The van der Waals surface area contributed by atoms with Crippen LogP contribution in [0.25, 0.3) is 0 Å². The van der Waals surface area contributed by atoms with E-state index >= 15 is 0 Å². The fourth-order valence-electron chi connectivity index (χ4n) is 1.72. The molecule has 7 radical (unpaired) electrons. The molecule has 1 aromatic carbocycles. The third-order valence-corrected chi connectivity index (χ3v) is 4.48. The first-order valence-electron chi connectivity index (χ1n) is 5.77. The zero-order valence-corrected chi connectivity index (χ0v) is 12.3. The van der Waals surface area contributed by atoms with E-state index in [2.05, 4.69) is 21.7 Å². The second kappa shape index (κ2) is 6.73. The summed E-state index contributed by atoms with van der Waals surface area (Å²) in [5.74, 6) is 0. The molecule has 0 spiro atoms. The van der Waals surface area contributed by atoms with Gasteiger partial charge in [-0.25, -0.2) is 0 Å². The summed E-state index contributed by atoms with van der Waals surface area (Å²) < 4.78 is 30.6. The molecule has 17 heavy (non-hydrogen) atoms. The first-order chi connectivity index (χ1) is 7.89. The van der Waals surface area contributed by atoms with Gasteiger partial charge in [-0.15, -0.1) is 0 Å². The van der Waals surface area contributed by atoms with Gasteiger partial charge >= 0.3 is 21.7 Å². The van der Waals surface area contributed by atoms with Crippen molar-refractivity contribution in [3.05, 3.63) is 29.8 Å². The summed E-state index contributed by atoms with van der Waals surface area (Å²) in [6.45, 7) is 1.84. The third-order valence-electron chi connectivity index (χ3n) is 2.79. The molecule has 1 aliphatic carbocycles. The van der Waals surface area contributed by atoms with Crippen molar-refractivity contribution in [2.45, 2.75) is 41.5 Å². The highest BCUT2D eigenvalue weighted by Crippen LogP contribution is 2.26. The molecule has 1 fully saturated rings. The highest BCUT2D eigenvalue weighted by molar-refractivity contribution is 7.85. The monoisotopic (exact) mass is 265 g/mol. The van der Waals surface area contributed by atoms with Gasteiger partial charge in [-0.2, -0.15) is 8.42 Å². The van der Waals surface area contributed by atoms with Crippen molar-refractivity contribution < 1.29 is 13.0 Å². The molecule has 0 amide bonds. The molecule has 1 aromatic rings. The highest BCUT2D eigenvalue weighted by atomic mass is 32.2. The summed E-state index contributed by atoms with van der Waals surface area (Å²) in [6.07, 6.45) is 5.99. The quantitative estimate of drug-likeness (QED) is 0.627. The van der Waals surface area contributed by atoms with Crippen LogP contribution >= 0.6 is 0 Å². The molecule has 2 rings (SSSR count). The van der Waals surface area contributed by atoms with Crippen LogP contribution in [-0.4, -0.2) is 34.7 Å². The summed E-state index contributed by atoms with van der Waals surface area (Å²) in [6, 6.07) is 5.99. The van der Waals surface area contributed by atoms with E-state index in [1.807, 2.05) is 6.92 Å². The summed E-state index contributed by atoms with van der Waals surface area (Å²) in [5.41, 5.74) is 0.956. The summed E-state index contributed by atoms with van der Waals surface area (Å²) in [5, 5.41) is 0. The van der Waals surface area contributed by atoms with Crippen molar-refractivity contribution in [1.82, 2.24) is 0 Å². The van der Waals surface area contributed by atoms with Crippen molar-refractivity contribution in [2.75, 3.05) is 0 Å². The Balaban J connectivity index is 0.000000202. The number of rotatable bonds is 1. The summed E-state index contributed by atoms with van der Waals surface area (Å²) in [4.78, 5) is -0.0666. The van der Waals surface area contributed by atoms with E-state index in [1.165, 1.54) is 37.8 Å². The first-order valence-corrected chi connectivity index (χ1v) is 8.02. The van der Waals surface area contributed by atoms with Gasteiger partial charge in [0.1, 0.15) is 0 Å². The molecule has 89 valence electrons. The van der Waals surface area contributed by atoms with Crippen LogP contribution in [0.4, 0.5) is 0 Å². The van der Waals surface area contributed by atoms with Crippen LogP contribution in [0.5, 0.6) is 0 Å². The molecule has 5 heteroatoms. The van der Waals surface area contributed by atoms with Crippen LogP contribution in [0.3, 0.4) is 0 Å². The van der Waals surface area contributed by atoms with Crippen molar-refractivity contribution >= 4 is 31.8 Å². The van der Waals surface area contributed by atoms with E-state index in [9.17, 15) is 8.42 Å². The van der Waals surface area contributed by atoms with Gasteiger partial charge in [-0.1, -0.05) is 17.7 Å². The van der Waals surface area contributed by atoms with Gasteiger partial charge in [0.15, 0.2) is 0 Å². The Morgan fingerprint density at radius 2 is 1.65 bits per heavy atom. The predicted octanol–water partition coefficient (Wildman–Crippen LogP) is 2.76. The number of benzene rings is 1. The van der Waals surface area contributed by atoms with Crippen molar-refractivity contribution in [2.24, 2.45) is 0 Å². The number of aryl methyl sites for hydroxylation is 1. The second-order valence-electron chi connectivity index (χ2n) is 4.44. The smallest absolute Gasteiger partial charge is 0.282 e. The van der Waals surface area contributed by atoms with Crippen molar-refractivity contribution in [3.8, 4) is 0 Å². The first kappa shape index (κ1) is 15.0. The predicted molar refractivity (Wildman–Crippen MR) is 69.0 cm³/mol. The van der Waals surface area contributed by atoms with E-state index in [4.69, 9.17) is 4.55 Å². The third kappa shape index (κ3) is 5.86. The molecule has 3 nitrogen and oxygen atoms in total. The molecule has 1 aliphatic rings. The Kier molecular flexibility index (Phi) is 5.92. The lowest BCUT2D eigenvalue weighted by molar-refractivity contribution is 0.483. The standard InChI is InChI=1S/C7H8O3S.C5H9.Mg/c1-6-2-4-7(5-3-6)11(8,9)10;1-2-4-5-3-1;/h2-5H,1H3,(H,8,9,10);1H,2-5H2;/q;;+2. The normalized spacial score (nSPS) is 16.4. The fourth-order valence-corrected chi connectivity index (χ4v) is 2.78. The molecule has 0 aliphatic heterocycles. The maximum absolute atomic E-state index is 10.5. The molecule has 0 aromatic heterocycles. The lowest BCUT2D eigenvalue weighted by Crippen LogP contribution is -1.96. The molecule has 0 bridgehead atoms. The Bertz CT molecular complexity index is 433. The maximum atomic E-state index is 10.5. The topological polar surface area (TPSA) is 54.4 Å². The molecule has 0 unspecified atom stereocenters. The zero-order chi connectivity index (χ0) is 12.9. The summed E-state index contributed by atoms with van der Waals surface area (Å²) >= 11 is 2.16. The van der Waals surface area contributed by atoms with E-state index in [1.54, 1.807) is 12.1 Å². The van der Waals surface area contributed by atoms with Gasteiger partial charge in [-0.05, 0) is 31.9 Å². The van der Waals surface area contributed by atoms with Gasteiger partial charge in [0, 0.05) is 12.8 Å². The van der Waals surface area contributed by atoms with Gasteiger partial charge in [0.25, 0.3) is 14.2 Å². The van der Waals surface area contributed by atoms with Crippen LogP contribution in [0.15, 0.2) is 29.2 Å². The maximum Gasteiger partial charge on any atom is 1.42 e. The minimum Gasteiger partial charge on any atom is -0.282 e. The minimum atomic E-state index is -4.02. The van der Waals surface area contributed by atoms with Gasteiger partial charge in [0.05, 0.1) is 4.90 Å². The lowest BCUT2D eigenvalue weighted by atomic mass is 10.2. The number of hydrogen-bond acceptors (Lipinski definition) is 2. The van der Waals surface area contributed by atoms with E-state index in [-0.39, 0.29) is 4.90 Å². The van der Waals surface area contributed by atoms with Crippen LogP contribution in [-0.2, 0) is 10.1 Å². The van der Waals surface area contributed by atoms with Crippen LogP contribution < -0.4 is 0 Å². The molecular formula is C12H17MgO3S+2. The Morgan fingerprint density at radius 1 is 1.18 bits per heavy atom. The Hall–Kier alpha value is -0.104. The average molecular weight is 266 g/mol. The van der Waals surface area contributed by atoms with Gasteiger partial charge < -0.3 is 0 Å². The Labute approximate surface area is 116 Å². The van der Waals surface area contributed by atoms with Gasteiger partial charge in [-0.3, -0.25) is 4.55 Å². The fraction of sp³-hybridized carbons (Fsp3) is 0.500. The SMILES string of the molecule is Cc1ccc(S(=O)(=O)O)cc1.[Mg+2][CH]1CCCC1.